The summed E-state index contributed by atoms with van der Waals surface area (Å²) in [5.74, 6) is -1.01. The molecular formula is C13H23NO4. The Labute approximate surface area is 108 Å². The maximum Gasteiger partial charge on any atom is 0.311 e. The highest BCUT2D eigenvalue weighted by Gasteiger charge is 2.39. The molecule has 5 nitrogen and oxygen atoms in total. The zero-order chi connectivity index (χ0) is 13.8. The molecule has 1 unspecified atom stereocenters. The number of amides is 1. The first-order chi connectivity index (χ1) is 8.37. The highest BCUT2D eigenvalue weighted by molar-refractivity contribution is 5.79. The zero-order valence-corrected chi connectivity index (χ0v) is 11.4. The molecular weight excluding hydrogens is 234 g/mol. The summed E-state index contributed by atoms with van der Waals surface area (Å²) in [6.45, 7) is 3.62. The van der Waals surface area contributed by atoms with E-state index in [0.717, 1.165) is 19.3 Å². The van der Waals surface area contributed by atoms with Gasteiger partial charge < -0.3 is 15.2 Å². The third-order valence-corrected chi connectivity index (χ3v) is 4.15. The van der Waals surface area contributed by atoms with E-state index in [1.165, 1.54) is 0 Å². The number of carboxylic acid groups (broad SMARTS) is 1. The van der Waals surface area contributed by atoms with Crippen molar-refractivity contribution in [3.8, 4) is 0 Å². The van der Waals surface area contributed by atoms with Crippen LogP contribution in [0.5, 0.6) is 0 Å². The SMILES string of the molecule is CCC(C)(CNC(=O)CC1(OC)CCC1)C(=O)O. The molecule has 0 heterocycles. The van der Waals surface area contributed by atoms with Crippen LogP contribution in [0.3, 0.4) is 0 Å². The van der Waals surface area contributed by atoms with Crippen LogP contribution in [0.2, 0.25) is 0 Å². The number of hydrogen-bond acceptors (Lipinski definition) is 3. The molecule has 0 aliphatic heterocycles. The van der Waals surface area contributed by atoms with Gasteiger partial charge in [-0.15, -0.1) is 0 Å². The minimum absolute atomic E-state index is 0.127. The second kappa shape index (κ2) is 5.69. The van der Waals surface area contributed by atoms with Crippen molar-refractivity contribution in [3.05, 3.63) is 0 Å². The number of hydrogen-bond donors (Lipinski definition) is 2. The summed E-state index contributed by atoms with van der Waals surface area (Å²) in [7, 11) is 1.62. The molecule has 1 rings (SSSR count). The van der Waals surface area contributed by atoms with Crippen LogP contribution in [-0.4, -0.2) is 36.2 Å². The summed E-state index contributed by atoms with van der Waals surface area (Å²) < 4.78 is 5.37. The van der Waals surface area contributed by atoms with Gasteiger partial charge in [-0.05, 0) is 32.6 Å². The Kier molecular flexibility index (Phi) is 4.73. The third-order valence-electron chi connectivity index (χ3n) is 4.15. The minimum Gasteiger partial charge on any atom is -0.481 e. The number of carbonyl (C=O) groups is 2. The van der Waals surface area contributed by atoms with E-state index in [4.69, 9.17) is 9.84 Å². The number of aliphatic carboxylic acids is 1. The number of carbonyl (C=O) groups excluding carboxylic acids is 1. The standard InChI is InChI=1S/C13H23NO4/c1-4-12(2,11(16)17)9-14-10(15)8-13(18-3)6-5-7-13/h4-9H2,1-3H3,(H,14,15)(H,16,17). The van der Waals surface area contributed by atoms with E-state index in [2.05, 4.69) is 5.32 Å². The largest absolute Gasteiger partial charge is 0.481 e. The Hall–Kier alpha value is -1.10. The van der Waals surface area contributed by atoms with Gasteiger partial charge in [-0.3, -0.25) is 9.59 Å². The lowest BCUT2D eigenvalue weighted by atomic mass is 9.77. The molecule has 1 saturated carbocycles. The lowest BCUT2D eigenvalue weighted by Crippen LogP contribution is -2.46. The van der Waals surface area contributed by atoms with Crippen molar-refractivity contribution in [1.82, 2.24) is 5.32 Å². The Balaban J connectivity index is 2.43. The fraction of sp³-hybridized carbons (Fsp3) is 0.846. The molecule has 1 atom stereocenters. The van der Waals surface area contributed by atoms with Gasteiger partial charge in [0.05, 0.1) is 17.4 Å². The van der Waals surface area contributed by atoms with Crippen molar-refractivity contribution < 1.29 is 19.4 Å². The molecule has 0 spiro atoms. The molecule has 104 valence electrons. The van der Waals surface area contributed by atoms with Crippen LogP contribution in [0, 0.1) is 5.41 Å². The van der Waals surface area contributed by atoms with Crippen molar-refractivity contribution in [2.45, 2.75) is 51.6 Å². The van der Waals surface area contributed by atoms with Crippen LogP contribution in [0.4, 0.5) is 0 Å². The number of methoxy groups -OCH3 is 1. The molecule has 2 N–H and O–H groups in total. The van der Waals surface area contributed by atoms with Gasteiger partial charge in [-0.1, -0.05) is 6.92 Å². The van der Waals surface area contributed by atoms with E-state index >= 15 is 0 Å². The maximum atomic E-state index is 11.8. The van der Waals surface area contributed by atoms with E-state index in [0.29, 0.717) is 12.8 Å². The Morgan fingerprint density at radius 3 is 2.39 bits per heavy atom. The molecule has 0 aromatic rings. The van der Waals surface area contributed by atoms with Crippen molar-refractivity contribution in [3.63, 3.8) is 0 Å². The van der Waals surface area contributed by atoms with Gasteiger partial charge in [0.2, 0.25) is 5.91 Å². The maximum absolute atomic E-state index is 11.8. The van der Waals surface area contributed by atoms with Crippen LogP contribution in [0.1, 0.15) is 46.0 Å². The van der Waals surface area contributed by atoms with Crippen LogP contribution in [-0.2, 0) is 14.3 Å². The number of carboxylic acids is 1. The van der Waals surface area contributed by atoms with Crippen molar-refractivity contribution in [1.29, 1.82) is 0 Å². The third kappa shape index (κ3) is 3.22. The quantitative estimate of drug-likeness (QED) is 0.725. The summed E-state index contributed by atoms with van der Waals surface area (Å²) in [5.41, 5.74) is -1.20. The molecule has 1 aliphatic rings. The zero-order valence-electron chi connectivity index (χ0n) is 11.4. The van der Waals surface area contributed by atoms with Gasteiger partial charge in [0.1, 0.15) is 0 Å². The molecule has 0 radical (unpaired) electrons. The van der Waals surface area contributed by atoms with Crippen molar-refractivity contribution in [2.75, 3.05) is 13.7 Å². The molecule has 0 bridgehead atoms. The van der Waals surface area contributed by atoms with Crippen LogP contribution >= 0.6 is 0 Å². The summed E-state index contributed by atoms with van der Waals surface area (Å²) in [6, 6.07) is 0. The highest BCUT2D eigenvalue weighted by atomic mass is 16.5. The normalized spacial score (nSPS) is 20.6. The lowest BCUT2D eigenvalue weighted by molar-refractivity contribution is -0.148. The number of ether oxygens (including phenoxy) is 1. The first kappa shape index (κ1) is 15.0. The second-order valence-electron chi connectivity index (χ2n) is 5.41. The molecule has 5 heteroatoms. The highest BCUT2D eigenvalue weighted by Crippen LogP contribution is 2.37. The lowest BCUT2D eigenvalue weighted by Gasteiger charge is -2.40. The molecule has 1 aliphatic carbocycles. The molecule has 1 amide bonds. The van der Waals surface area contributed by atoms with Gasteiger partial charge in [0.15, 0.2) is 0 Å². The van der Waals surface area contributed by atoms with Crippen molar-refractivity contribution >= 4 is 11.9 Å². The summed E-state index contributed by atoms with van der Waals surface area (Å²) in [5, 5.41) is 11.8. The summed E-state index contributed by atoms with van der Waals surface area (Å²) >= 11 is 0. The van der Waals surface area contributed by atoms with Gasteiger partial charge >= 0.3 is 5.97 Å². The Morgan fingerprint density at radius 1 is 1.44 bits per heavy atom. The molecule has 0 aromatic heterocycles. The Morgan fingerprint density at radius 2 is 2.06 bits per heavy atom. The minimum atomic E-state index is -0.893. The average Bonchev–Trinajstić information content (AvgIpc) is 2.30. The molecule has 1 fully saturated rings. The molecule has 18 heavy (non-hydrogen) atoms. The van der Waals surface area contributed by atoms with Crippen LogP contribution < -0.4 is 5.32 Å². The first-order valence-electron chi connectivity index (χ1n) is 6.43. The number of rotatable bonds is 7. The van der Waals surface area contributed by atoms with Gasteiger partial charge in [-0.2, -0.15) is 0 Å². The monoisotopic (exact) mass is 257 g/mol. The average molecular weight is 257 g/mol. The fourth-order valence-corrected chi connectivity index (χ4v) is 2.02. The smallest absolute Gasteiger partial charge is 0.311 e. The van der Waals surface area contributed by atoms with Crippen LogP contribution in [0.15, 0.2) is 0 Å². The summed E-state index contributed by atoms with van der Waals surface area (Å²) in [4.78, 5) is 22.9. The van der Waals surface area contributed by atoms with Gasteiger partial charge in [0.25, 0.3) is 0 Å². The topological polar surface area (TPSA) is 75.6 Å². The fourth-order valence-electron chi connectivity index (χ4n) is 2.02. The van der Waals surface area contributed by atoms with Crippen LogP contribution in [0.25, 0.3) is 0 Å². The van der Waals surface area contributed by atoms with E-state index in [1.54, 1.807) is 14.0 Å². The Bertz CT molecular complexity index is 319. The predicted molar refractivity (Wildman–Crippen MR) is 67.3 cm³/mol. The van der Waals surface area contributed by atoms with Gasteiger partial charge in [-0.25, -0.2) is 0 Å². The van der Waals surface area contributed by atoms with E-state index in [1.807, 2.05) is 6.92 Å². The summed E-state index contributed by atoms with van der Waals surface area (Å²) in [6.07, 6.45) is 3.70. The first-order valence-corrected chi connectivity index (χ1v) is 6.43. The molecule has 0 saturated heterocycles. The van der Waals surface area contributed by atoms with Gasteiger partial charge in [0, 0.05) is 13.7 Å². The van der Waals surface area contributed by atoms with E-state index < -0.39 is 11.4 Å². The number of nitrogens with one attached hydrogen (secondary N) is 1. The predicted octanol–water partition coefficient (Wildman–Crippen LogP) is 1.56. The van der Waals surface area contributed by atoms with E-state index in [9.17, 15) is 9.59 Å². The second-order valence-corrected chi connectivity index (χ2v) is 5.41. The molecule has 0 aromatic carbocycles. The van der Waals surface area contributed by atoms with Crippen molar-refractivity contribution in [2.24, 2.45) is 5.41 Å². The van der Waals surface area contributed by atoms with E-state index in [-0.39, 0.29) is 18.1 Å².